The van der Waals surface area contributed by atoms with Gasteiger partial charge in [-0.15, -0.1) is 0 Å². The summed E-state index contributed by atoms with van der Waals surface area (Å²) in [6.07, 6.45) is -4.37. The second-order valence-electron chi connectivity index (χ2n) is 11.3. The monoisotopic (exact) mass is 528 g/mol. The summed E-state index contributed by atoms with van der Waals surface area (Å²) in [7, 11) is 0. The van der Waals surface area contributed by atoms with Gasteiger partial charge in [-0.05, 0) is 85.1 Å². The fraction of sp³-hybridized carbons (Fsp3) is 0.135. The van der Waals surface area contributed by atoms with Crippen molar-refractivity contribution in [3.63, 3.8) is 0 Å². The van der Waals surface area contributed by atoms with Crippen LogP contribution in [-0.4, -0.2) is 0 Å². The van der Waals surface area contributed by atoms with Crippen LogP contribution in [0.5, 0.6) is 0 Å². The molecule has 0 saturated heterocycles. The third-order valence-corrected chi connectivity index (χ3v) is 8.56. The van der Waals surface area contributed by atoms with E-state index in [1.165, 1.54) is 39.9 Å². The lowest BCUT2D eigenvalue weighted by atomic mass is 9.80. The number of fused-ring (bicyclic) bond motifs is 5. The summed E-state index contributed by atoms with van der Waals surface area (Å²) < 4.78 is 40.1. The normalized spacial score (nSPS) is 13.9. The van der Waals surface area contributed by atoms with Gasteiger partial charge in [-0.2, -0.15) is 13.2 Å². The summed E-state index contributed by atoms with van der Waals surface area (Å²) in [5, 5.41) is 4.24. The van der Waals surface area contributed by atoms with E-state index in [9.17, 15) is 13.2 Å². The third kappa shape index (κ3) is 3.54. The van der Waals surface area contributed by atoms with Crippen LogP contribution < -0.4 is 0 Å². The lowest BCUT2D eigenvalue weighted by molar-refractivity contribution is -0.137. The van der Waals surface area contributed by atoms with Crippen molar-refractivity contribution in [3.05, 3.63) is 131 Å². The summed E-state index contributed by atoms with van der Waals surface area (Å²) in [6.45, 7) is 6.66. The molecule has 0 nitrogen and oxygen atoms in total. The molecule has 7 rings (SSSR count). The molecule has 3 heteroatoms. The first kappa shape index (κ1) is 24.7. The largest absolute Gasteiger partial charge is 0.416 e. The second kappa shape index (κ2) is 8.56. The zero-order valence-electron chi connectivity index (χ0n) is 22.5. The van der Waals surface area contributed by atoms with Crippen molar-refractivity contribution in [2.75, 3.05) is 0 Å². The maximum Gasteiger partial charge on any atom is 0.416 e. The Kier molecular flexibility index (Phi) is 5.28. The van der Waals surface area contributed by atoms with Gasteiger partial charge in [-0.25, -0.2) is 0 Å². The quantitative estimate of drug-likeness (QED) is 0.196. The standard InChI is InChI=1S/C37H27F3/c1-22-15-20-27-30(21-22)34(29-12-8-14-32-35(29)28-11-6-7-13-31(28)36(32,2)3)26-10-5-4-9-25(26)33(27)23-16-18-24(19-17-23)37(38,39)40/h4-21H,1-3H3. The first-order chi connectivity index (χ1) is 19.2. The van der Waals surface area contributed by atoms with E-state index in [0.717, 1.165) is 43.8 Å². The number of hydrogen-bond acceptors (Lipinski definition) is 0. The lowest BCUT2D eigenvalue weighted by Crippen LogP contribution is -2.14. The Morgan fingerprint density at radius 3 is 1.85 bits per heavy atom. The van der Waals surface area contributed by atoms with Crippen LogP contribution in [-0.2, 0) is 11.6 Å². The average molecular weight is 529 g/mol. The first-order valence-corrected chi connectivity index (χ1v) is 13.5. The van der Waals surface area contributed by atoms with Crippen molar-refractivity contribution in [2.45, 2.75) is 32.4 Å². The highest BCUT2D eigenvalue weighted by atomic mass is 19.4. The first-order valence-electron chi connectivity index (χ1n) is 13.5. The molecule has 0 saturated carbocycles. The number of alkyl halides is 3. The summed E-state index contributed by atoms with van der Waals surface area (Å²) >= 11 is 0. The Morgan fingerprint density at radius 1 is 0.525 bits per heavy atom. The molecule has 0 unspecified atom stereocenters. The molecule has 6 aromatic rings. The van der Waals surface area contributed by atoms with Crippen LogP contribution >= 0.6 is 0 Å². The van der Waals surface area contributed by atoms with E-state index in [1.807, 2.05) is 12.1 Å². The van der Waals surface area contributed by atoms with Crippen LogP contribution in [0, 0.1) is 6.92 Å². The number of hydrogen-bond donors (Lipinski definition) is 0. The average Bonchev–Trinajstić information content (AvgIpc) is 3.18. The van der Waals surface area contributed by atoms with Gasteiger partial charge >= 0.3 is 6.18 Å². The Hall–Kier alpha value is -4.37. The molecular formula is C37H27F3. The number of benzene rings is 6. The predicted molar refractivity (Wildman–Crippen MR) is 160 cm³/mol. The molecule has 40 heavy (non-hydrogen) atoms. The van der Waals surface area contributed by atoms with Crippen LogP contribution in [0.15, 0.2) is 109 Å². The van der Waals surface area contributed by atoms with Gasteiger partial charge in [0.2, 0.25) is 0 Å². The highest BCUT2D eigenvalue weighted by Gasteiger charge is 2.37. The molecular weight excluding hydrogens is 501 g/mol. The Morgan fingerprint density at radius 2 is 1.12 bits per heavy atom. The molecule has 0 bridgehead atoms. The summed E-state index contributed by atoms with van der Waals surface area (Å²) in [5.41, 5.74) is 9.60. The number of aryl methyl sites for hydroxylation is 1. The minimum Gasteiger partial charge on any atom is -0.166 e. The van der Waals surface area contributed by atoms with E-state index in [-0.39, 0.29) is 5.41 Å². The smallest absolute Gasteiger partial charge is 0.166 e. The number of rotatable bonds is 2. The third-order valence-electron chi connectivity index (χ3n) is 8.56. The van der Waals surface area contributed by atoms with Crippen molar-refractivity contribution in [1.29, 1.82) is 0 Å². The van der Waals surface area contributed by atoms with Gasteiger partial charge < -0.3 is 0 Å². The van der Waals surface area contributed by atoms with Gasteiger partial charge in [0.25, 0.3) is 0 Å². The maximum atomic E-state index is 13.4. The van der Waals surface area contributed by atoms with E-state index in [2.05, 4.69) is 93.6 Å². The van der Waals surface area contributed by atoms with Crippen LogP contribution in [0.4, 0.5) is 13.2 Å². The Labute approximate surface area is 231 Å². The van der Waals surface area contributed by atoms with Crippen molar-refractivity contribution < 1.29 is 13.2 Å². The van der Waals surface area contributed by atoms with Gasteiger partial charge in [-0.1, -0.05) is 116 Å². The van der Waals surface area contributed by atoms with Crippen molar-refractivity contribution in [1.82, 2.24) is 0 Å². The van der Waals surface area contributed by atoms with Crippen LogP contribution in [0.1, 0.15) is 36.1 Å². The summed E-state index contributed by atoms with van der Waals surface area (Å²) in [6, 6.07) is 35.6. The summed E-state index contributed by atoms with van der Waals surface area (Å²) in [5.74, 6) is 0. The lowest BCUT2D eigenvalue weighted by Gasteiger charge is -2.23. The van der Waals surface area contributed by atoms with E-state index >= 15 is 0 Å². The molecule has 0 fully saturated rings. The topological polar surface area (TPSA) is 0 Å². The van der Waals surface area contributed by atoms with Crippen LogP contribution in [0.3, 0.4) is 0 Å². The van der Waals surface area contributed by atoms with E-state index in [4.69, 9.17) is 0 Å². The maximum absolute atomic E-state index is 13.4. The SMILES string of the molecule is Cc1ccc2c(-c3ccc(C(F)(F)F)cc3)c3ccccc3c(-c3cccc4c3-c3ccccc3C4(C)C)c2c1. The number of halogens is 3. The second-order valence-corrected chi connectivity index (χ2v) is 11.3. The summed E-state index contributed by atoms with van der Waals surface area (Å²) in [4.78, 5) is 0. The van der Waals surface area contributed by atoms with Gasteiger partial charge in [0.15, 0.2) is 0 Å². The fourth-order valence-corrected chi connectivity index (χ4v) is 6.68. The molecule has 0 aliphatic heterocycles. The highest BCUT2D eigenvalue weighted by Crippen LogP contribution is 2.54. The molecule has 0 heterocycles. The molecule has 0 N–H and O–H groups in total. The molecule has 1 aliphatic carbocycles. The van der Waals surface area contributed by atoms with Crippen LogP contribution in [0.25, 0.3) is 54.9 Å². The zero-order valence-corrected chi connectivity index (χ0v) is 22.5. The molecule has 0 atom stereocenters. The van der Waals surface area contributed by atoms with Gasteiger partial charge in [0.05, 0.1) is 5.56 Å². The van der Waals surface area contributed by atoms with E-state index < -0.39 is 11.7 Å². The molecule has 0 spiro atoms. The zero-order chi connectivity index (χ0) is 27.8. The van der Waals surface area contributed by atoms with Crippen molar-refractivity contribution >= 4 is 21.5 Å². The fourth-order valence-electron chi connectivity index (χ4n) is 6.68. The minimum atomic E-state index is -4.37. The van der Waals surface area contributed by atoms with Gasteiger partial charge in [0, 0.05) is 5.41 Å². The molecule has 0 aromatic heterocycles. The highest BCUT2D eigenvalue weighted by molar-refractivity contribution is 6.22. The Balaban J connectivity index is 1.61. The molecule has 1 aliphatic rings. The van der Waals surface area contributed by atoms with Crippen molar-refractivity contribution in [2.24, 2.45) is 0 Å². The Bertz CT molecular complexity index is 1960. The molecule has 0 amide bonds. The minimum absolute atomic E-state index is 0.121. The van der Waals surface area contributed by atoms with E-state index in [1.54, 1.807) is 12.1 Å². The molecule has 196 valence electrons. The van der Waals surface area contributed by atoms with Gasteiger partial charge in [-0.3, -0.25) is 0 Å². The molecule has 6 aromatic carbocycles. The van der Waals surface area contributed by atoms with Crippen LogP contribution in [0.2, 0.25) is 0 Å². The molecule has 0 radical (unpaired) electrons. The van der Waals surface area contributed by atoms with E-state index in [0.29, 0.717) is 0 Å². The van der Waals surface area contributed by atoms with Gasteiger partial charge in [0.1, 0.15) is 0 Å². The van der Waals surface area contributed by atoms with Crippen molar-refractivity contribution in [3.8, 4) is 33.4 Å². The predicted octanol–water partition coefficient (Wildman–Crippen LogP) is 11.0.